The molecule has 190 valence electrons. The number of carbonyl (C=O) groups excluding carboxylic acids is 1. The van der Waals surface area contributed by atoms with Gasteiger partial charge in [-0.3, -0.25) is 9.80 Å². The van der Waals surface area contributed by atoms with Crippen LogP contribution in [0.25, 0.3) is 5.57 Å². The van der Waals surface area contributed by atoms with Crippen LogP contribution in [0, 0.1) is 17.7 Å². The minimum absolute atomic E-state index is 0.00926. The van der Waals surface area contributed by atoms with Crippen molar-refractivity contribution in [3.63, 3.8) is 0 Å². The highest BCUT2D eigenvalue weighted by molar-refractivity contribution is 7.91. The largest absolute Gasteiger partial charge is 0.442 e. The Balaban J connectivity index is 1.17. The molecule has 5 rings (SSSR count). The molecule has 36 heavy (non-hydrogen) atoms. The van der Waals surface area contributed by atoms with Gasteiger partial charge in [0.25, 0.3) is 0 Å². The van der Waals surface area contributed by atoms with Crippen LogP contribution in [-0.2, 0) is 27.5 Å². The number of allylic oxidation sites excluding steroid dienone is 1. The molecule has 1 atom stereocenters. The first-order chi connectivity index (χ1) is 17.4. The van der Waals surface area contributed by atoms with E-state index in [0.29, 0.717) is 29.8 Å². The molecule has 0 spiro atoms. The maximum Gasteiger partial charge on any atom is 0.414 e. The topological polar surface area (TPSA) is 97.6 Å². The van der Waals surface area contributed by atoms with Crippen molar-refractivity contribution in [1.29, 1.82) is 0 Å². The number of halogens is 1. The molecule has 0 aliphatic carbocycles. The summed E-state index contributed by atoms with van der Waals surface area (Å²) in [6.45, 7) is 3.59. The summed E-state index contributed by atoms with van der Waals surface area (Å²) in [6, 6.07) is 4.53. The molecular weight excluding hydrogens is 485 g/mol. The summed E-state index contributed by atoms with van der Waals surface area (Å²) in [6.07, 6.45) is 5.62. The normalized spacial score (nSPS) is 21.7. The lowest BCUT2D eigenvalue weighted by atomic mass is 10.0. The molecule has 1 aromatic heterocycles. The van der Waals surface area contributed by atoms with Gasteiger partial charge in [-0.05, 0) is 56.1 Å². The van der Waals surface area contributed by atoms with Gasteiger partial charge in [0.2, 0.25) is 0 Å². The second-order valence-corrected chi connectivity index (χ2v) is 11.5. The lowest BCUT2D eigenvalue weighted by Gasteiger charge is -2.17. The average molecular weight is 514 g/mol. The van der Waals surface area contributed by atoms with Crippen molar-refractivity contribution in [2.45, 2.75) is 38.3 Å². The summed E-state index contributed by atoms with van der Waals surface area (Å²) in [5.41, 5.74) is 2.17. The Kier molecular flexibility index (Phi) is 7.07. The molecule has 0 N–H and O–H groups in total. The van der Waals surface area contributed by atoms with E-state index < -0.39 is 27.9 Å². The van der Waals surface area contributed by atoms with E-state index in [4.69, 9.17) is 4.74 Å². The van der Waals surface area contributed by atoms with Crippen molar-refractivity contribution in [3.05, 3.63) is 47.5 Å². The summed E-state index contributed by atoms with van der Waals surface area (Å²) in [5, 5.41) is 8.26. The molecule has 3 aliphatic heterocycles. The highest BCUT2D eigenvalue weighted by atomic mass is 32.2. The maximum absolute atomic E-state index is 14.9. The third-order valence-electron chi connectivity index (χ3n) is 6.62. The van der Waals surface area contributed by atoms with E-state index in [1.807, 2.05) is 0 Å². The molecule has 1 aromatic carbocycles. The molecule has 2 saturated heterocycles. The van der Waals surface area contributed by atoms with Crippen LogP contribution in [0.5, 0.6) is 0 Å². The van der Waals surface area contributed by atoms with Gasteiger partial charge in [0.1, 0.15) is 11.9 Å². The van der Waals surface area contributed by atoms with Gasteiger partial charge >= 0.3 is 6.09 Å². The molecule has 0 saturated carbocycles. The average Bonchev–Trinajstić information content (AvgIpc) is 3.59. The minimum Gasteiger partial charge on any atom is -0.442 e. The summed E-state index contributed by atoms with van der Waals surface area (Å²) in [5.74, 6) is 5.75. The van der Waals surface area contributed by atoms with Crippen LogP contribution in [-0.4, -0.2) is 78.2 Å². The van der Waals surface area contributed by atoms with Crippen LogP contribution >= 0.6 is 0 Å². The van der Waals surface area contributed by atoms with E-state index >= 15 is 0 Å². The van der Waals surface area contributed by atoms with Gasteiger partial charge in [-0.25, -0.2) is 22.3 Å². The number of rotatable bonds is 6. The number of likely N-dealkylation sites (tertiary alicyclic amines) is 1. The number of hydrogen-bond donors (Lipinski definition) is 0. The van der Waals surface area contributed by atoms with Gasteiger partial charge in [0.15, 0.2) is 9.84 Å². The summed E-state index contributed by atoms with van der Waals surface area (Å²) < 4.78 is 45.2. The van der Waals surface area contributed by atoms with E-state index in [-0.39, 0.29) is 24.5 Å². The summed E-state index contributed by atoms with van der Waals surface area (Å²) in [7, 11) is -3.09. The summed E-state index contributed by atoms with van der Waals surface area (Å²) in [4.78, 5) is 16.2. The van der Waals surface area contributed by atoms with Crippen molar-refractivity contribution in [1.82, 2.24) is 19.9 Å². The van der Waals surface area contributed by atoms with E-state index in [2.05, 4.69) is 27.1 Å². The van der Waals surface area contributed by atoms with Crippen LogP contribution in [0.2, 0.25) is 0 Å². The molecule has 1 amide bonds. The van der Waals surface area contributed by atoms with E-state index in [1.54, 1.807) is 29.1 Å². The number of sulfone groups is 1. The molecule has 9 nitrogen and oxygen atoms in total. The van der Waals surface area contributed by atoms with Crippen molar-refractivity contribution >= 4 is 27.2 Å². The fourth-order valence-electron chi connectivity index (χ4n) is 4.66. The van der Waals surface area contributed by atoms with Crippen molar-refractivity contribution in [3.8, 4) is 11.8 Å². The number of amides is 1. The molecule has 2 aromatic rings. The van der Waals surface area contributed by atoms with Crippen LogP contribution in [0.1, 0.15) is 30.5 Å². The van der Waals surface area contributed by atoms with Crippen LogP contribution in [0.4, 0.5) is 14.9 Å². The van der Waals surface area contributed by atoms with Crippen molar-refractivity contribution in [2.24, 2.45) is 0 Å². The number of hydrogen-bond acceptors (Lipinski definition) is 7. The van der Waals surface area contributed by atoms with Crippen LogP contribution in [0.15, 0.2) is 30.5 Å². The Hall–Kier alpha value is -3.23. The third kappa shape index (κ3) is 5.77. The quantitative estimate of drug-likeness (QED) is 0.547. The zero-order chi connectivity index (χ0) is 25.1. The van der Waals surface area contributed by atoms with Gasteiger partial charge in [-0.1, -0.05) is 23.1 Å². The number of benzene rings is 1. The Morgan fingerprint density at radius 3 is 2.78 bits per heavy atom. The number of anilines is 1. The predicted molar refractivity (Wildman–Crippen MR) is 132 cm³/mol. The second kappa shape index (κ2) is 10.4. The fraction of sp³-hybridized carbons (Fsp3) is 0.480. The SMILES string of the molecule is O=C1O[C@@H](Cn2cc(CC#CCN3CCCC3)nn2)CN1c1ccc(C2=CCS(=O)(=O)CC2)c(F)c1. The molecule has 11 heteroatoms. The van der Waals surface area contributed by atoms with Gasteiger partial charge in [0.05, 0.1) is 48.9 Å². The Labute approximate surface area is 209 Å². The van der Waals surface area contributed by atoms with E-state index in [0.717, 1.165) is 25.3 Å². The zero-order valence-corrected chi connectivity index (χ0v) is 20.7. The maximum atomic E-state index is 14.9. The molecule has 4 heterocycles. The number of cyclic esters (lactones) is 1. The Morgan fingerprint density at radius 1 is 1.19 bits per heavy atom. The molecule has 3 aliphatic rings. The molecule has 2 fully saturated rings. The number of aromatic nitrogens is 3. The lowest BCUT2D eigenvalue weighted by Crippen LogP contribution is -2.26. The Morgan fingerprint density at radius 2 is 2.03 bits per heavy atom. The number of ether oxygens (including phenoxy) is 1. The van der Waals surface area contributed by atoms with Gasteiger partial charge in [-0.2, -0.15) is 0 Å². The van der Waals surface area contributed by atoms with E-state index in [9.17, 15) is 17.6 Å². The van der Waals surface area contributed by atoms with Crippen LogP contribution in [0.3, 0.4) is 0 Å². The fourth-order valence-corrected chi connectivity index (χ4v) is 5.81. The minimum atomic E-state index is -3.09. The van der Waals surface area contributed by atoms with Gasteiger partial charge < -0.3 is 4.74 Å². The monoisotopic (exact) mass is 513 g/mol. The first kappa shape index (κ1) is 24.5. The van der Waals surface area contributed by atoms with Crippen molar-refractivity contribution < 1.29 is 22.3 Å². The molecule has 0 unspecified atom stereocenters. The highest BCUT2D eigenvalue weighted by Crippen LogP contribution is 2.30. The Bertz CT molecular complexity index is 1340. The predicted octanol–water partition coefficient (Wildman–Crippen LogP) is 2.29. The summed E-state index contributed by atoms with van der Waals surface area (Å²) >= 11 is 0. The highest BCUT2D eigenvalue weighted by Gasteiger charge is 2.33. The van der Waals surface area contributed by atoms with Gasteiger partial charge in [-0.15, -0.1) is 5.10 Å². The second-order valence-electron chi connectivity index (χ2n) is 9.32. The van der Waals surface area contributed by atoms with Crippen LogP contribution < -0.4 is 4.90 Å². The molecular formula is C25H28FN5O4S. The molecule has 0 bridgehead atoms. The smallest absolute Gasteiger partial charge is 0.414 e. The molecule has 0 radical (unpaired) electrons. The number of carbonyl (C=O) groups is 1. The number of nitrogens with zero attached hydrogens (tertiary/aromatic N) is 5. The van der Waals surface area contributed by atoms with E-state index in [1.165, 1.54) is 23.8 Å². The third-order valence-corrected chi connectivity index (χ3v) is 8.12. The van der Waals surface area contributed by atoms with Crippen molar-refractivity contribution in [2.75, 3.05) is 42.6 Å². The first-order valence-electron chi connectivity index (χ1n) is 12.1. The zero-order valence-electron chi connectivity index (χ0n) is 19.9. The first-order valence-corrected chi connectivity index (χ1v) is 13.9. The lowest BCUT2D eigenvalue weighted by molar-refractivity contribution is 0.129. The standard InChI is InChI=1S/C25H28FN5O4S/c26-24-15-21(6-7-23(24)19-8-13-36(33,34)14-9-19)31-18-22(35-25(31)32)17-30-16-20(27-28-30)5-1-2-10-29-11-3-4-12-29/h6-8,15-16,22H,3-5,9-14,17-18H2/t22-/m0/s1. The van der Waals surface area contributed by atoms with Gasteiger partial charge in [0, 0.05) is 11.8 Å².